The van der Waals surface area contributed by atoms with Crippen molar-refractivity contribution in [2.75, 3.05) is 22.5 Å². The van der Waals surface area contributed by atoms with Crippen molar-refractivity contribution in [3.8, 4) is 0 Å². The molecule has 1 saturated heterocycles. The van der Waals surface area contributed by atoms with E-state index >= 15 is 0 Å². The lowest BCUT2D eigenvalue weighted by molar-refractivity contribution is -0.117. The van der Waals surface area contributed by atoms with Gasteiger partial charge in [0.15, 0.2) is 0 Å². The Hall–Kier alpha value is -2.48. The summed E-state index contributed by atoms with van der Waals surface area (Å²) in [5.41, 5.74) is 1.46. The van der Waals surface area contributed by atoms with E-state index in [4.69, 9.17) is 0 Å². The lowest BCUT2D eigenvalue weighted by Gasteiger charge is -2.16. The number of halogens is 1. The molecule has 0 saturated carbocycles. The average Bonchev–Trinajstić information content (AvgIpc) is 2.87. The molecule has 2 aromatic rings. The van der Waals surface area contributed by atoms with Crippen molar-refractivity contribution in [2.45, 2.75) is 6.42 Å². The minimum atomic E-state index is -4.58. The van der Waals surface area contributed by atoms with E-state index in [1.54, 1.807) is 12.1 Å². The van der Waals surface area contributed by atoms with Gasteiger partial charge >= 0.3 is 10.2 Å². The fourth-order valence-electron chi connectivity index (χ4n) is 2.71. The van der Waals surface area contributed by atoms with Crippen LogP contribution in [0.4, 0.5) is 21.1 Å². The van der Waals surface area contributed by atoms with Crippen LogP contribution in [-0.2, 0) is 15.0 Å². The molecule has 126 valence electrons. The number of anilines is 3. The number of hydrogen-bond acceptors (Lipinski definition) is 5. The number of hydrogen-bond donors (Lipinski definition) is 1. The minimum absolute atomic E-state index is 0.0210. The summed E-state index contributed by atoms with van der Waals surface area (Å²) in [6.07, 6.45) is 1.56. The minimum Gasteiger partial charge on any atom is -0.340 e. The normalized spacial score (nSPS) is 18.0. The van der Waals surface area contributed by atoms with E-state index in [1.807, 2.05) is 30.3 Å². The van der Waals surface area contributed by atoms with E-state index in [1.165, 1.54) is 11.1 Å². The van der Waals surface area contributed by atoms with Gasteiger partial charge in [-0.1, -0.05) is 18.2 Å². The second-order valence-corrected chi connectivity index (χ2v) is 7.08. The largest absolute Gasteiger partial charge is 0.340 e. The molecule has 2 heterocycles. The summed E-state index contributed by atoms with van der Waals surface area (Å²) in [6, 6.07) is 13.0. The maximum Gasteiger partial charge on any atom is 0.302 e. The van der Waals surface area contributed by atoms with Crippen LogP contribution in [0.2, 0.25) is 0 Å². The highest BCUT2D eigenvalue weighted by Crippen LogP contribution is 2.26. The van der Waals surface area contributed by atoms with Crippen LogP contribution in [0.1, 0.15) is 6.42 Å². The van der Waals surface area contributed by atoms with Gasteiger partial charge in [0.1, 0.15) is 5.82 Å². The Morgan fingerprint density at radius 2 is 1.96 bits per heavy atom. The van der Waals surface area contributed by atoms with Gasteiger partial charge in [-0.2, -0.15) is 8.42 Å². The van der Waals surface area contributed by atoms with E-state index in [0.717, 1.165) is 5.69 Å². The third-order valence-electron chi connectivity index (χ3n) is 3.75. The molecule has 1 atom stereocenters. The highest BCUT2D eigenvalue weighted by molar-refractivity contribution is 7.86. The van der Waals surface area contributed by atoms with Crippen molar-refractivity contribution in [3.05, 3.63) is 48.7 Å². The van der Waals surface area contributed by atoms with Gasteiger partial charge in [0, 0.05) is 24.6 Å². The first kappa shape index (κ1) is 16.4. The molecule has 1 amide bonds. The SMILES string of the molecule is O=C1CC(CS(=O)(=O)F)CN1c1ccc(Nc2ccccc2)nc1. The average molecular weight is 349 g/mol. The Labute approximate surface area is 139 Å². The van der Waals surface area contributed by atoms with Crippen LogP contribution in [-0.4, -0.2) is 31.6 Å². The molecule has 1 aliphatic heterocycles. The van der Waals surface area contributed by atoms with Gasteiger partial charge in [0.05, 0.1) is 17.6 Å². The zero-order chi connectivity index (χ0) is 17.2. The zero-order valence-corrected chi connectivity index (χ0v) is 13.5. The molecular weight excluding hydrogens is 333 g/mol. The molecule has 0 aliphatic carbocycles. The van der Waals surface area contributed by atoms with Crippen LogP contribution in [0, 0.1) is 5.92 Å². The second-order valence-electron chi connectivity index (χ2n) is 5.67. The lowest BCUT2D eigenvalue weighted by atomic mass is 10.1. The molecule has 1 unspecified atom stereocenters. The van der Waals surface area contributed by atoms with Crippen LogP contribution in [0.3, 0.4) is 0 Å². The first-order valence-electron chi connectivity index (χ1n) is 7.41. The quantitative estimate of drug-likeness (QED) is 0.839. The first-order valence-corrected chi connectivity index (χ1v) is 8.97. The highest BCUT2D eigenvalue weighted by atomic mass is 32.3. The van der Waals surface area contributed by atoms with Gasteiger partial charge in [-0.3, -0.25) is 4.79 Å². The van der Waals surface area contributed by atoms with E-state index in [0.29, 0.717) is 11.5 Å². The van der Waals surface area contributed by atoms with Gasteiger partial charge in [-0.25, -0.2) is 4.98 Å². The Morgan fingerprint density at radius 3 is 2.58 bits per heavy atom. The van der Waals surface area contributed by atoms with Gasteiger partial charge < -0.3 is 10.2 Å². The topological polar surface area (TPSA) is 79.4 Å². The number of pyridine rings is 1. The van der Waals surface area contributed by atoms with Crippen molar-refractivity contribution >= 4 is 33.3 Å². The van der Waals surface area contributed by atoms with Crippen molar-refractivity contribution in [2.24, 2.45) is 5.92 Å². The lowest BCUT2D eigenvalue weighted by Crippen LogP contribution is -2.25. The van der Waals surface area contributed by atoms with Crippen LogP contribution in [0.25, 0.3) is 0 Å². The van der Waals surface area contributed by atoms with Crippen LogP contribution < -0.4 is 10.2 Å². The number of nitrogens with zero attached hydrogens (tertiary/aromatic N) is 2. The van der Waals surface area contributed by atoms with E-state index in [-0.39, 0.29) is 18.9 Å². The third-order valence-corrected chi connectivity index (χ3v) is 4.62. The molecule has 6 nitrogen and oxygen atoms in total. The summed E-state index contributed by atoms with van der Waals surface area (Å²) in [6.45, 7) is 0.176. The van der Waals surface area contributed by atoms with E-state index in [9.17, 15) is 17.1 Å². The molecule has 3 rings (SSSR count). The molecule has 1 N–H and O–H groups in total. The van der Waals surface area contributed by atoms with Crippen molar-refractivity contribution in [3.63, 3.8) is 0 Å². The summed E-state index contributed by atoms with van der Waals surface area (Å²) in [5.74, 6) is -0.764. The number of carbonyl (C=O) groups excluding carboxylic acids is 1. The molecule has 0 bridgehead atoms. The third kappa shape index (κ3) is 4.08. The first-order chi connectivity index (χ1) is 11.4. The summed E-state index contributed by atoms with van der Waals surface area (Å²) >= 11 is 0. The fourth-order valence-corrected chi connectivity index (χ4v) is 3.50. The van der Waals surface area contributed by atoms with Gasteiger partial charge in [-0.05, 0) is 24.3 Å². The number of aromatic nitrogens is 1. The number of para-hydroxylation sites is 1. The van der Waals surface area contributed by atoms with Crippen molar-refractivity contribution < 1.29 is 17.1 Å². The smallest absolute Gasteiger partial charge is 0.302 e. The molecule has 0 spiro atoms. The monoisotopic (exact) mass is 349 g/mol. The molecule has 8 heteroatoms. The van der Waals surface area contributed by atoms with Crippen molar-refractivity contribution in [1.82, 2.24) is 4.98 Å². The Balaban J connectivity index is 1.68. The molecular formula is C16H16FN3O3S. The predicted molar refractivity (Wildman–Crippen MR) is 89.3 cm³/mol. The maximum atomic E-state index is 12.8. The number of rotatable bonds is 5. The zero-order valence-electron chi connectivity index (χ0n) is 12.7. The molecule has 0 radical (unpaired) electrons. The number of benzene rings is 1. The Morgan fingerprint density at radius 1 is 1.21 bits per heavy atom. The second kappa shape index (κ2) is 6.56. The van der Waals surface area contributed by atoms with E-state index in [2.05, 4.69) is 10.3 Å². The summed E-state index contributed by atoms with van der Waals surface area (Å²) < 4.78 is 34.3. The molecule has 24 heavy (non-hydrogen) atoms. The summed E-state index contributed by atoms with van der Waals surface area (Å²) in [7, 11) is -4.58. The molecule has 1 aliphatic rings. The van der Waals surface area contributed by atoms with Gasteiger partial charge in [0.25, 0.3) is 0 Å². The van der Waals surface area contributed by atoms with E-state index < -0.39 is 21.9 Å². The molecule has 1 aromatic heterocycles. The van der Waals surface area contributed by atoms with Crippen LogP contribution in [0.15, 0.2) is 48.7 Å². The van der Waals surface area contributed by atoms with Crippen molar-refractivity contribution in [1.29, 1.82) is 0 Å². The number of carbonyl (C=O) groups is 1. The summed E-state index contributed by atoms with van der Waals surface area (Å²) in [5, 5.41) is 3.13. The van der Waals surface area contributed by atoms with Gasteiger partial charge in [0.2, 0.25) is 5.91 Å². The fraction of sp³-hybridized carbons (Fsp3) is 0.250. The maximum absolute atomic E-state index is 12.8. The predicted octanol–water partition coefficient (Wildman–Crippen LogP) is 2.48. The standard InChI is InChI=1S/C16H16FN3O3S/c17-24(22,23)11-12-8-16(21)20(10-12)14-6-7-15(18-9-14)19-13-4-2-1-3-5-13/h1-7,9,12H,8,10-11H2,(H,18,19). The number of nitrogens with one attached hydrogen (secondary N) is 1. The number of amides is 1. The molecule has 1 fully saturated rings. The Bertz CT molecular complexity index is 825. The Kier molecular flexibility index (Phi) is 4.48. The van der Waals surface area contributed by atoms with Crippen LogP contribution in [0.5, 0.6) is 0 Å². The summed E-state index contributed by atoms with van der Waals surface area (Å²) in [4.78, 5) is 17.7. The van der Waals surface area contributed by atoms with Gasteiger partial charge in [-0.15, -0.1) is 3.89 Å². The highest BCUT2D eigenvalue weighted by Gasteiger charge is 2.33. The molecule has 1 aromatic carbocycles. The van der Waals surface area contributed by atoms with Crippen LogP contribution >= 0.6 is 0 Å².